The summed E-state index contributed by atoms with van der Waals surface area (Å²) in [4.78, 5) is 26.2. The first-order chi connectivity index (χ1) is 11.4. The highest BCUT2D eigenvalue weighted by Gasteiger charge is 2.31. The predicted molar refractivity (Wildman–Crippen MR) is 95.8 cm³/mol. The van der Waals surface area contributed by atoms with Crippen LogP contribution in [0.1, 0.15) is 5.76 Å². The Balaban J connectivity index is 1.80. The maximum absolute atomic E-state index is 12.1. The molecule has 5 nitrogen and oxygen atoms in total. The number of nitrogens with zero attached hydrogens (tertiary/aromatic N) is 1. The van der Waals surface area contributed by atoms with E-state index in [4.69, 9.17) is 28.2 Å². The second kappa shape index (κ2) is 6.80. The molecule has 3 rings (SSSR count). The van der Waals surface area contributed by atoms with E-state index in [2.05, 4.69) is 5.32 Å². The fourth-order valence-electron chi connectivity index (χ4n) is 1.97. The van der Waals surface area contributed by atoms with Crippen molar-refractivity contribution in [3.63, 3.8) is 0 Å². The van der Waals surface area contributed by atoms with E-state index in [1.165, 1.54) is 29.8 Å². The lowest BCUT2D eigenvalue weighted by molar-refractivity contribution is -0.128. The van der Waals surface area contributed by atoms with Gasteiger partial charge >= 0.3 is 0 Å². The molecule has 1 fully saturated rings. The van der Waals surface area contributed by atoms with E-state index >= 15 is 0 Å². The Hall–Kier alpha value is -2.09. The van der Waals surface area contributed by atoms with Gasteiger partial charge in [0.05, 0.1) is 0 Å². The molecule has 122 valence electrons. The highest BCUT2D eigenvalue weighted by molar-refractivity contribution is 7.99. The van der Waals surface area contributed by atoms with Crippen LogP contribution in [0, 0.1) is 0 Å². The van der Waals surface area contributed by atoms with Crippen LogP contribution in [0.4, 0.5) is 0 Å². The van der Waals surface area contributed by atoms with Gasteiger partial charge in [-0.15, -0.1) is 0 Å². The van der Waals surface area contributed by atoms with Crippen molar-refractivity contribution in [3.8, 4) is 0 Å². The zero-order valence-electron chi connectivity index (χ0n) is 12.4. The maximum Gasteiger partial charge on any atom is 0.265 e. The van der Waals surface area contributed by atoms with E-state index in [9.17, 15) is 9.59 Å². The first-order valence-corrected chi connectivity index (χ1v) is 8.42. The number of nitrogens with one attached hydrogen (secondary N) is 1. The van der Waals surface area contributed by atoms with Crippen molar-refractivity contribution in [1.82, 2.24) is 10.2 Å². The van der Waals surface area contributed by atoms with Crippen LogP contribution in [-0.2, 0) is 9.59 Å². The van der Waals surface area contributed by atoms with Crippen molar-refractivity contribution >= 4 is 58.6 Å². The van der Waals surface area contributed by atoms with Crippen molar-refractivity contribution in [1.29, 1.82) is 0 Å². The Morgan fingerprint density at radius 3 is 2.62 bits per heavy atom. The average Bonchev–Trinajstić information content (AvgIpc) is 2.99. The van der Waals surface area contributed by atoms with Gasteiger partial charge in [0, 0.05) is 17.0 Å². The van der Waals surface area contributed by atoms with Crippen LogP contribution in [0.15, 0.2) is 56.4 Å². The van der Waals surface area contributed by atoms with Gasteiger partial charge in [-0.05, 0) is 54.7 Å². The quantitative estimate of drug-likeness (QED) is 0.504. The number of halogens is 1. The normalized spacial score (nSPS) is 16.7. The summed E-state index contributed by atoms with van der Waals surface area (Å²) in [5, 5.41) is 3.83. The minimum absolute atomic E-state index is 0.0245. The second-order valence-corrected chi connectivity index (χ2v) is 6.80. The lowest BCUT2D eigenvalue weighted by Gasteiger charge is -2.24. The fraction of sp³-hybridized carbons (Fsp3) is 0.0625. The van der Waals surface area contributed by atoms with Gasteiger partial charge in [0.2, 0.25) is 0 Å². The highest BCUT2D eigenvalue weighted by atomic mass is 35.5. The zero-order chi connectivity index (χ0) is 17.3. The molecule has 0 atom stereocenters. The largest absolute Gasteiger partial charge is 0.450 e. The fourth-order valence-corrected chi connectivity index (χ4v) is 3.05. The molecule has 1 N–H and O–H groups in total. The standard InChI is InChI=1S/C16H11ClN2O3S2/c1-19-15(21)12(14(20)18-16(19)23)8-10-4-7-13(22-10)24-11-5-2-9(17)3-6-11/h2-8H,1H3,(H,18,20,23)/b12-8+. The predicted octanol–water partition coefficient (Wildman–Crippen LogP) is 3.34. The molecule has 1 saturated heterocycles. The van der Waals surface area contributed by atoms with E-state index in [1.54, 1.807) is 24.3 Å². The number of likely N-dealkylation sites (N-methyl/N-ethyl adjacent to an activating group) is 1. The van der Waals surface area contributed by atoms with Crippen LogP contribution in [0.3, 0.4) is 0 Å². The summed E-state index contributed by atoms with van der Waals surface area (Å²) in [6.07, 6.45) is 1.40. The van der Waals surface area contributed by atoms with Crippen LogP contribution >= 0.6 is 35.6 Å². The van der Waals surface area contributed by atoms with E-state index in [0.717, 1.165) is 4.90 Å². The summed E-state index contributed by atoms with van der Waals surface area (Å²) in [6.45, 7) is 0. The number of thiocarbonyl (C=S) groups is 1. The topological polar surface area (TPSA) is 62.6 Å². The molecule has 0 spiro atoms. The van der Waals surface area contributed by atoms with E-state index in [-0.39, 0.29) is 10.7 Å². The molecule has 2 heterocycles. The van der Waals surface area contributed by atoms with Gasteiger partial charge < -0.3 is 4.42 Å². The molecular weight excluding hydrogens is 368 g/mol. The SMILES string of the molecule is CN1C(=O)/C(=C/c2ccc(Sc3ccc(Cl)cc3)o2)C(=O)NC1=S. The smallest absolute Gasteiger partial charge is 0.265 e. The van der Waals surface area contributed by atoms with Crippen molar-refractivity contribution < 1.29 is 14.0 Å². The van der Waals surface area contributed by atoms with Gasteiger partial charge in [-0.25, -0.2) is 0 Å². The number of hydrogen-bond donors (Lipinski definition) is 1. The third kappa shape index (κ3) is 3.53. The molecule has 1 aromatic heterocycles. The lowest BCUT2D eigenvalue weighted by atomic mass is 10.1. The highest BCUT2D eigenvalue weighted by Crippen LogP contribution is 2.30. The molecule has 1 aliphatic rings. The lowest BCUT2D eigenvalue weighted by Crippen LogP contribution is -2.52. The minimum Gasteiger partial charge on any atom is -0.450 e. The summed E-state index contributed by atoms with van der Waals surface area (Å²) < 4.78 is 5.65. The van der Waals surface area contributed by atoms with E-state index < -0.39 is 11.8 Å². The van der Waals surface area contributed by atoms with Crippen LogP contribution in [0.2, 0.25) is 5.02 Å². The summed E-state index contributed by atoms with van der Waals surface area (Å²) in [5.41, 5.74) is -0.0245. The van der Waals surface area contributed by atoms with E-state index in [1.807, 2.05) is 12.1 Å². The van der Waals surface area contributed by atoms with Gasteiger partial charge in [0.1, 0.15) is 11.3 Å². The molecule has 0 radical (unpaired) electrons. The number of carbonyl (C=O) groups excluding carboxylic acids is 2. The van der Waals surface area contributed by atoms with Crippen molar-refractivity contribution in [2.45, 2.75) is 9.99 Å². The van der Waals surface area contributed by atoms with Gasteiger partial charge in [0.25, 0.3) is 11.8 Å². The summed E-state index contributed by atoms with van der Waals surface area (Å²) in [5.74, 6) is -0.593. The Kier molecular flexibility index (Phi) is 4.75. The van der Waals surface area contributed by atoms with Crippen molar-refractivity contribution in [2.75, 3.05) is 7.05 Å². The van der Waals surface area contributed by atoms with Gasteiger partial charge in [0.15, 0.2) is 10.2 Å². The Labute approximate surface area is 152 Å². The molecule has 0 saturated carbocycles. The molecule has 1 aromatic carbocycles. The molecule has 24 heavy (non-hydrogen) atoms. The van der Waals surface area contributed by atoms with Crippen LogP contribution in [0.25, 0.3) is 6.08 Å². The third-order valence-electron chi connectivity index (χ3n) is 3.23. The number of hydrogen-bond acceptors (Lipinski definition) is 5. The average molecular weight is 379 g/mol. The Bertz CT molecular complexity index is 858. The van der Waals surface area contributed by atoms with Crippen LogP contribution in [0.5, 0.6) is 0 Å². The zero-order valence-corrected chi connectivity index (χ0v) is 14.8. The molecule has 0 bridgehead atoms. The van der Waals surface area contributed by atoms with Crippen LogP contribution in [-0.4, -0.2) is 28.9 Å². The first-order valence-electron chi connectivity index (χ1n) is 6.82. The monoisotopic (exact) mass is 378 g/mol. The molecule has 0 unspecified atom stereocenters. The number of benzene rings is 1. The summed E-state index contributed by atoms with van der Waals surface area (Å²) >= 11 is 12.2. The molecule has 2 amide bonds. The molecule has 8 heteroatoms. The Morgan fingerprint density at radius 1 is 1.21 bits per heavy atom. The van der Waals surface area contributed by atoms with Gasteiger partial charge in [-0.1, -0.05) is 23.4 Å². The third-order valence-corrected chi connectivity index (χ3v) is 4.78. The van der Waals surface area contributed by atoms with Crippen molar-refractivity contribution in [2.24, 2.45) is 0 Å². The molecule has 1 aliphatic heterocycles. The van der Waals surface area contributed by atoms with Crippen LogP contribution < -0.4 is 5.32 Å². The number of furan rings is 1. The second-order valence-electron chi connectivity index (χ2n) is 4.89. The maximum atomic E-state index is 12.1. The minimum atomic E-state index is -0.536. The molecule has 0 aliphatic carbocycles. The van der Waals surface area contributed by atoms with Crippen molar-refractivity contribution in [3.05, 3.63) is 52.8 Å². The first kappa shape index (κ1) is 16.8. The number of amides is 2. The van der Waals surface area contributed by atoms with Gasteiger partial charge in [-0.3, -0.25) is 19.8 Å². The molecule has 2 aromatic rings. The summed E-state index contributed by atoms with van der Waals surface area (Å²) in [7, 11) is 1.50. The summed E-state index contributed by atoms with van der Waals surface area (Å²) in [6, 6.07) is 10.8. The number of carbonyl (C=O) groups is 2. The molecular formula is C16H11ClN2O3S2. The number of rotatable bonds is 3. The van der Waals surface area contributed by atoms with E-state index in [0.29, 0.717) is 15.9 Å². The Morgan fingerprint density at radius 2 is 1.92 bits per heavy atom. The van der Waals surface area contributed by atoms with Gasteiger partial charge in [-0.2, -0.15) is 0 Å².